The minimum absolute atomic E-state index is 0. The second-order valence-electron chi connectivity index (χ2n) is 6.01. The Morgan fingerprint density at radius 1 is 1.12 bits per heavy atom. The number of hydrogen-bond acceptors (Lipinski definition) is 4. The first kappa shape index (κ1) is 21.2. The van der Waals surface area contributed by atoms with Crippen LogP contribution in [0.3, 0.4) is 0 Å². The lowest BCUT2D eigenvalue weighted by atomic mass is 10.1. The number of nitrogens with one attached hydrogen (secondary N) is 1. The maximum atomic E-state index is 10.9. The largest absolute Gasteiger partial charge is 0.427 e. The van der Waals surface area contributed by atoms with Crippen molar-refractivity contribution in [2.24, 2.45) is 0 Å². The van der Waals surface area contributed by atoms with E-state index in [1.807, 2.05) is 54.6 Å². The summed E-state index contributed by atoms with van der Waals surface area (Å²) >= 11 is 0. The molecule has 0 bridgehead atoms. The van der Waals surface area contributed by atoms with E-state index in [1.54, 1.807) is 0 Å². The molecule has 0 spiro atoms. The topological polar surface area (TPSA) is 58.6 Å². The van der Waals surface area contributed by atoms with Crippen LogP contribution in [0.15, 0.2) is 54.6 Å². The normalized spacial score (nSPS) is 12.8. The lowest BCUT2D eigenvalue weighted by Crippen LogP contribution is -2.30. The molecule has 2 N–H and O–H groups in total. The van der Waals surface area contributed by atoms with Crippen LogP contribution in [0.4, 0.5) is 0 Å². The lowest BCUT2D eigenvalue weighted by molar-refractivity contribution is -0.131. The Bertz CT molecular complexity index is 631. The number of carbonyl (C=O) groups is 1. The van der Waals surface area contributed by atoms with Gasteiger partial charge in [0.1, 0.15) is 5.75 Å². The van der Waals surface area contributed by atoms with Crippen molar-refractivity contribution in [3.63, 3.8) is 0 Å². The zero-order chi connectivity index (χ0) is 17.4. The van der Waals surface area contributed by atoms with Gasteiger partial charge in [-0.3, -0.25) is 4.79 Å². The van der Waals surface area contributed by atoms with Gasteiger partial charge in [-0.05, 0) is 43.0 Å². The van der Waals surface area contributed by atoms with Crippen molar-refractivity contribution in [1.82, 2.24) is 5.32 Å². The van der Waals surface area contributed by atoms with Gasteiger partial charge in [-0.1, -0.05) is 42.5 Å². The number of rotatable bonds is 8. The SMILES string of the molecule is CC(=O)Oc1ccc(CC[C@@H](C)NCC(O)c2ccccc2)cc1.Cl. The Balaban J connectivity index is 0.00000312. The van der Waals surface area contributed by atoms with Crippen molar-refractivity contribution >= 4 is 18.4 Å². The molecule has 4 nitrogen and oxygen atoms in total. The van der Waals surface area contributed by atoms with E-state index in [9.17, 15) is 9.90 Å². The fourth-order valence-corrected chi connectivity index (χ4v) is 2.48. The van der Waals surface area contributed by atoms with Crippen LogP contribution in [0.25, 0.3) is 0 Å². The van der Waals surface area contributed by atoms with Crippen molar-refractivity contribution in [3.8, 4) is 5.75 Å². The number of aryl methyl sites for hydroxylation is 1. The third-order valence-corrected chi connectivity index (χ3v) is 3.89. The molecule has 2 atom stereocenters. The lowest BCUT2D eigenvalue weighted by Gasteiger charge is -2.17. The number of esters is 1. The summed E-state index contributed by atoms with van der Waals surface area (Å²) in [6.07, 6.45) is 1.40. The van der Waals surface area contributed by atoms with Crippen LogP contribution in [0.1, 0.15) is 37.5 Å². The smallest absolute Gasteiger partial charge is 0.308 e. The van der Waals surface area contributed by atoms with Gasteiger partial charge in [-0.2, -0.15) is 0 Å². The van der Waals surface area contributed by atoms with Crippen molar-refractivity contribution in [1.29, 1.82) is 0 Å². The van der Waals surface area contributed by atoms with E-state index in [4.69, 9.17) is 4.74 Å². The first-order chi connectivity index (χ1) is 11.5. The summed E-state index contributed by atoms with van der Waals surface area (Å²) in [5, 5.41) is 13.5. The zero-order valence-corrected chi connectivity index (χ0v) is 15.5. The Kier molecular flexibility index (Phi) is 9.21. The third kappa shape index (κ3) is 7.69. The van der Waals surface area contributed by atoms with Crippen molar-refractivity contribution in [2.45, 2.75) is 38.8 Å². The van der Waals surface area contributed by atoms with E-state index in [1.165, 1.54) is 12.5 Å². The van der Waals surface area contributed by atoms with Gasteiger partial charge in [0.15, 0.2) is 0 Å². The highest BCUT2D eigenvalue weighted by molar-refractivity contribution is 5.85. The Morgan fingerprint density at radius 3 is 2.36 bits per heavy atom. The minimum Gasteiger partial charge on any atom is -0.427 e. The predicted octanol–water partition coefficient (Wildman–Crippen LogP) is 3.68. The van der Waals surface area contributed by atoms with Gasteiger partial charge < -0.3 is 15.2 Å². The summed E-state index contributed by atoms with van der Waals surface area (Å²) in [4.78, 5) is 10.9. The number of aliphatic hydroxyl groups is 1. The van der Waals surface area contributed by atoms with Crippen LogP contribution in [0.5, 0.6) is 5.75 Å². The van der Waals surface area contributed by atoms with Gasteiger partial charge in [0.25, 0.3) is 0 Å². The fourth-order valence-electron chi connectivity index (χ4n) is 2.48. The highest BCUT2D eigenvalue weighted by Gasteiger charge is 2.09. The molecule has 2 aromatic rings. The molecule has 0 heterocycles. The van der Waals surface area contributed by atoms with Crippen molar-refractivity contribution in [2.75, 3.05) is 6.54 Å². The standard InChI is InChI=1S/C20H25NO3.ClH/c1-15(21-14-20(23)18-6-4-3-5-7-18)8-9-17-10-12-19(13-11-17)24-16(2)22;/h3-7,10-13,15,20-21,23H,8-9,14H2,1-2H3;1H/t15-,20?;/m1./s1. The minimum atomic E-state index is -0.489. The summed E-state index contributed by atoms with van der Waals surface area (Å²) in [6.45, 7) is 4.05. The molecule has 0 saturated heterocycles. The number of hydrogen-bond donors (Lipinski definition) is 2. The Labute approximate surface area is 155 Å². The van der Waals surface area contributed by atoms with Gasteiger partial charge in [0.05, 0.1) is 6.10 Å². The van der Waals surface area contributed by atoms with Gasteiger partial charge >= 0.3 is 5.97 Å². The first-order valence-electron chi connectivity index (χ1n) is 8.28. The predicted molar refractivity (Wildman–Crippen MR) is 102 cm³/mol. The second kappa shape index (κ2) is 10.9. The second-order valence-corrected chi connectivity index (χ2v) is 6.01. The average molecular weight is 364 g/mol. The number of halogens is 1. The quantitative estimate of drug-likeness (QED) is 0.555. The molecule has 0 fully saturated rings. The van der Waals surface area contributed by atoms with Gasteiger partial charge in [-0.15, -0.1) is 12.4 Å². The maximum Gasteiger partial charge on any atom is 0.308 e. The van der Waals surface area contributed by atoms with Crippen molar-refractivity contribution < 1.29 is 14.6 Å². The molecule has 25 heavy (non-hydrogen) atoms. The van der Waals surface area contributed by atoms with Crippen LogP contribution >= 0.6 is 12.4 Å². The Morgan fingerprint density at radius 2 is 1.76 bits per heavy atom. The van der Waals surface area contributed by atoms with Crippen LogP contribution in [-0.4, -0.2) is 23.7 Å². The monoisotopic (exact) mass is 363 g/mol. The molecule has 0 amide bonds. The summed E-state index contributed by atoms with van der Waals surface area (Å²) in [6, 6.07) is 17.6. The van der Waals surface area contributed by atoms with E-state index in [2.05, 4.69) is 12.2 Å². The van der Waals surface area contributed by atoms with Crippen LogP contribution in [-0.2, 0) is 11.2 Å². The highest BCUT2D eigenvalue weighted by atomic mass is 35.5. The molecule has 2 rings (SSSR count). The molecule has 0 aromatic heterocycles. The molecule has 0 saturated carbocycles. The molecule has 0 aliphatic heterocycles. The van der Waals surface area contributed by atoms with Crippen molar-refractivity contribution in [3.05, 3.63) is 65.7 Å². The van der Waals surface area contributed by atoms with Crippen LogP contribution in [0.2, 0.25) is 0 Å². The molecule has 136 valence electrons. The summed E-state index contributed by atoms with van der Waals surface area (Å²) < 4.78 is 5.02. The average Bonchev–Trinajstić information content (AvgIpc) is 2.59. The molecule has 0 aliphatic rings. The third-order valence-electron chi connectivity index (χ3n) is 3.89. The summed E-state index contributed by atoms with van der Waals surface area (Å²) in [5.41, 5.74) is 2.13. The maximum absolute atomic E-state index is 10.9. The Hall–Kier alpha value is -1.88. The molecular formula is C20H26ClNO3. The summed E-state index contributed by atoms with van der Waals surface area (Å²) in [5.74, 6) is 0.265. The summed E-state index contributed by atoms with van der Waals surface area (Å²) in [7, 11) is 0. The molecule has 2 aromatic carbocycles. The van der Waals surface area contributed by atoms with Gasteiger partial charge in [0.2, 0.25) is 0 Å². The molecule has 0 aliphatic carbocycles. The molecule has 0 radical (unpaired) electrons. The van der Waals surface area contributed by atoms with Gasteiger partial charge in [0, 0.05) is 19.5 Å². The first-order valence-corrected chi connectivity index (χ1v) is 8.28. The number of carbonyl (C=O) groups excluding carboxylic acids is 1. The fraction of sp³-hybridized carbons (Fsp3) is 0.350. The number of benzene rings is 2. The van der Waals surface area contributed by atoms with Crippen LogP contribution in [0, 0.1) is 0 Å². The van der Waals surface area contributed by atoms with Crippen LogP contribution < -0.4 is 10.1 Å². The van der Waals surface area contributed by atoms with Gasteiger partial charge in [-0.25, -0.2) is 0 Å². The van der Waals surface area contributed by atoms with E-state index in [0.717, 1.165) is 18.4 Å². The molecule has 1 unspecified atom stereocenters. The number of aliphatic hydroxyl groups excluding tert-OH is 1. The molecule has 5 heteroatoms. The van der Waals surface area contributed by atoms with E-state index in [0.29, 0.717) is 18.3 Å². The van der Waals surface area contributed by atoms with E-state index in [-0.39, 0.29) is 18.4 Å². The zero-order valence-electron chi connectivity index (χ0n) is 14.6. The van der Waals surface area contributed by atoms with E-state index < -0.39 is 6.10 Å². The number of ether oxygens (including phenoxy) is 1. The highest BCUT2D eigenvalue weighted by Crippen LogP contribution is 2.15. The van der Waals surface area contributed by atoms with E-state index >= 15 is 0 Å². The molecular weight excluding hydrogens is 338 g/mol.